The fourth-order valence-corrected chi connectivity index (χ4v) is 1.65. The Morgan fingerprint density at radius 2 is 1.83 bits per heavy atom. The van der Waals surface area contributed by atoms with Gasteiger partial charge in [-0.25, -0.2) is 9.59 Å². The Bertz CT molecular complexity index is 276. The summed E-state index contributed by atoms with van der Waals surface area (Å²) in [6.45, 7) is 7.63. The third-order valence-corrected chi connectivity index (χ3v) is 2.71. The second kappa shape index (κ2) is 10.00. The van der Waals surface area contributed by atoms with Gasteiger partial charge >= 0.3 is 11.9 Å². The molecule has 0 fully saturated rings. The molecular formula is C13H22O4S. The van der Waals surface area contributed by atoms with E-state index in [4.69, 9.17) is 4.74 Å². The SMILES string of the molecule is C=CC(=O)OC(CCCCCC(C)C)C(=O)OS. The molecule has 0 radical (unpaired) electrons. The third-order valence-electron chi connectivity index (χ3n) is 2.53. The van der Waals surface area contributed by atoms with Crippen LogP contribution in [0, 0.1) is 5.92 Å². The summed E-state index contributed by atoms with van der Waals surface area (Å²) in [5.74, 6) is -0.583. The Morgan fingerprint density at radius 1 is 1.22 bits per heavy atom. The van der Waals surface area contributed by atoms with E-state index in [1.54, 1.807) is 0 Å². The van der Waals surface area contributed by atoms with E-state index in [2.05, 4.69) is 37.5 Å². The van der Waals surface area contributed by atoms with E-state index in [1.807, 2.05) is 0 Å². The standard InChI is InChI=1S/C13H22O4S/c1-4-12(14)16-11(13(15)17-18)9-7-5-6-8-10(2)3/h4,10-11,18H,1,5-9H2,2-3H3. The smallest absolute Gasteiger partial charge is 0.359 e. The molecule has 5 heteroatoms. The van der Waals surface area contributed by atoms with Gasteiger partial charge in [-0.1, -0.05) is 39.7 Å². The quantitative estimate of drug-likeness (QED) is 0.231. The fraction of sp³-hybridized carbons (Fsp3) is 0.692. The number of carbonyl (C=O) groups is 2. The predicted molar refractivity (Wildman–Crippen MR) is 73.1 cm³/mol. The molecule has 104 valence electrons. The molecule has 0 aliphatic rings. The summed E-state index contributed by atoms with van der Waals surface area (Å²) in [6, 6.07) is 0. The van der Waals surface area contributed by atoms with Crippen LogP contribution in [0.3, 0.4) is 0 Å². The molecule has 0 saturated carbocycles. The van der Waals surface area contributed by atoms with Crippen molar-refractivity contribution in [2.75, 3.05) is 0 Å². The Kier molecular flexibility index (Phi) is 9.46. The summed E-state index contributed by atoms with van der Waals surface area (Å²) in [4.78, 5) is 22.4. The molecule has 0 heterocycles. The molecule has 1 unspecified atom stereocenters. The first kappa shape index (κ1) is 17.0. The Hall–Kier alpha value is -0.970. The van der Waals surface area contributed by atoms with Crippen molar-refractivity contribution in [1.29, 1.82) is 0 Å². The van der Waals surface area contributed by atoms with E-state index >= 15 is 0 Å². The Morgan fingerprint density at radius 3 is 2.33 bits per heavy atom. The highest BCUT2D eigenvalue weighted by molar-refractivity contribution is 7.75. The minimum absolute atomic E-state index is 0.455. The molecule has 18 heavy (non-hydrogen) atoms. The van der Waals surface area contributed by atoms with Gasteiger partial charge in [0.1, 0.15) is 0 Å². The van der Waals surface area contributed by atoms with Gasteiger partial charge in [0, 0.05) is 19.0 Å². The largest absolute Gasteiger partial charge is 0.447 e. The molecule has 0 saturated heterocycles. The summed E-state index contributed by atoms with van der Waals surface area (Å²) < 4.78 is 9.20. The number of esters is 1. The van der Waals surface area contributed by atoms with Crippen molar-refractivity contribution in [2.45, 2.75) is 52.1 Å². The van der Waals surface area contributed by atoms with E-state index < -0.39 is 18.0 Å². The predicted octanol–water partition coefficient (Wildman–Crippen LogP) is 3.08. The molecular weight excluding hydrogens is 252 g/mol. The molecule has 4 nitrogen and oxygen atoms in total. The van der Waals surface area contributed by atoms with Crippen molar-refractivity contribution >= 4 is 24.8 Å². The highest BCUT2D eigenvalue weighted by atomic mass is 32.1. The van der Waals surface area contributed by atoms with E-state index in [0.29, 0.717) is 12.3 Å². The zero-order valence-electron chi connectivity index (χ0n) is 11.1. The van der Waals surface area contributed by atoms with E-state index in [9.17, 15) is 9.59 Å². The first-order valence-electron chi connectivity index (χ1n) is 6.19. The average molecular weight is 274 g/mol. The summed E-state index contributed by atoms with van der Waals surface area (Å²) >= 11 is 3.43. The van der Waals surface area contributed by atoms with Gasteiger partial charge in [0.15, 0.2) is 6.10 Å². The fourth-order valence-electron chi connectivity index (χ4n) is 1.53. The maximum absolute atomic E-state index is 11.3. The van der Waals surface area contributed by atoms with Crippen LogP contribution in [-0.2, 0) is 18.5 Å². The van der Waals surface area contributed by atoms with Crippen molar-refractivity contribution in [3.8, 4) is 0 Å². The highest BCUT2D eigenvalue weighted by Gasteiger charge is 2.22. The maximum Gasteiger partial charge on any atom is 0.359 e. The van der Waals surface area contributed by atoms with Crippen LogP contribution in [0.5, 0.6) is 0 Å². The first-order chi connectivity index (χ1) is 8.51. The number of rotatable bonds is 9. The van der Waals surface area contributed by atoms with E-state index in [-0.39, 0.29) is 0 Å². The monoisotopic (exact) mass is 274 g/mol. The van der Waals surface area contributed by atoms with Gasteiger partial charge in [0.05, 0.1) is 0 Å². The van der Waals surface area contributed by atoms with Crippen LogP contribution in [0.25, 0.3) is 0 Å². The second-order valence-corrected chi connectivity index (χ2v) is 4.75. The van der Waals surface area contributed by atoms with Crippen LogP contribution in [0.15, 0.2) is 12.7 Å². The van der Waals surface area contributed by atoms with Crippen LogP contribution in [0.1, 0.15) is 46.0 Å². The lowest BCUT2D eigenvalue weighted by Crippen LogP contribution is -2.26. The van der Waals surface area contributed by atoms with Gasteiger partial charge in [0.2, 0.25) is 0 Å². The number of ether oxygens (including phenoxy) is 1. The molecule has 0 aliphatic heterocycles. The molecule has 0 bridgehead atoms. The Labute approximate surface area is 114 Å². The molecule has 0 spiro atoms. The average Bonchev–Trinajstić information content (AvgIpc) is 2.35. The van der Waals surface area contributed by atoms with Gasteiger partial charge < -0.3 is 8.92 Å². The zero-order valence-corrected chi connectivity index (χ0v) is 11.9. The third kappa shape index (κ3) is 8.17. The normalized spacial score (nSPS) is 12.0. The maximum atomic E-state index is 11.3. The summed E-state index contributed by atoms with van der Waals surface area (Å²) in [6.07, 6.45) is 4.68. The summed E-state index contributed by atoms with van der Waals surface area (Å²) in [5.41, 5.74) is 0. The van der Waals surface area contributed by atoms with Crippen LogP contribution in [0.2, 0.25) is 0 Å². The van der Waals surface area contributed by atoms with E-state index in [1.165, 1.54) is 0 Å². The molecule has 0 aliphatic carbocycles. The van der Waals surface area contributed by atoms with Crippen molar-refractivity contribution in [3.05, 3.63) is 12.7 Å². The molecule has 1 atom stereocenters. The topological polar surface area (TPSA) is 52.6 Å². The molecule has 0 N–H and O–H groups in total. The van der Waals surface area contributed by atoms with Crippen molar-refractivity contribution < 1.29 is 18.5 Å². The lowest BCUT2D eigenvalue weighted by atomic mass is 10.0. The number of hydrogen-bond acceptors (Lipinski definition) is 5. The molecule has 0 aromatic rings. The highest BCUT2D eigenvalue weighted by Crippen LogP contribution is 2.13. The number of hydrogen-bond donors (Lipinski definition) is 1. The van der Waals surface area contributed by atoms with Gasteiger partial charge in [-0.05, 0) is 18.8 Å². The van der Waals surface area contributed by atoms with Crippen molar-refractivity contribution in [2.24, 2.45) is 5.92 Å². The molecule has 0 aromatic carbocycles. The molecule has 0 aromatic heterocycles. The summed E-state index contributed by atoms with van der Waals surface area (Å²) in [7, 11) is 0. The van der Waals surface area contributed by atoms with Crippen LogP contribution >= 0.6 is 12.9 Å². The molecule has 0 amide bonds. The van der Waals surface area contributed by atoms with Gasteiger partial charge in [-0.15, -0.1) is 0 Å². The van der Waals surface area contributed by atoms with Gasteiger partial charge in [-0.3, -0.25) is 0 Å². The Balaban J connectivity index is 3.98. The second-order valence-electron chi connectivity index (χ2n) is 4.57. The number of unbranched alkanes of at least 4 members (excludes halogenated alkanes) is 2. The van der Waals surface area contributed by atoms with Gasteiger partial charge in [-0.2, -0.15) is 0 Å². The van der Waals surface area contributed by atoms with E-state index in [0.717, 1.165) is 31.8 Å². The van der Waals surface area contributed by atoms with Crippen LogP contribution in [0.4, 0.5) is 0 Å². The van der Waals surface area contributed by atoms with Gasteiger partial charge in [0.25, 0.3) is 0 Å². The lowest BCUT2D eigenvalue weighted by Gasteiger charge is -2.13. The van der Waals surface area contributed by atoms with Crippen molar-refractivity contribution in [1.82, 2.24) is 0 Å². The number of carbonyl (C=O) groups excluding carboxylic acids is 2. The first-order valence-corrected chi connectivity index (χ1v) is 6.56. The minimum atomic E-state index is -0.882. The summed E-state index contributed by atoms with van der Waals surface area (Å²) in [5, 5.41) is 0. The van der Waals surface area contributed by atoms with Crippen LogP contribution in [-0.4, -0.2) is 18.0 Å². The van der Waals surface area contributed by atoms with Crippen molar-refractivity contribution in [3.63, 3.8) is 0 Å². The lowest BCUT2D eigenvalue weighted by molar-refractivity contribution is -0.158. The molecule has 0 rings (SSSR count). The van der Waals surface area contributed by atoms with Crippen LogP contribution < -0.4 is 0 Å². The minimum Gasteiger partial charge on any atom is -0.447 e. The number of thiol groups is 1. The zero-order chi connectivity index (χ0) is 14.0.